The number of hydrogen-bond acceptors (Lipinski definition) is 4. The van der Waals surface area contributed by atoms with E-state index in [0.717, 1.165) is 0 Å². The Kier molecular flexibility index (Phi) is 4.59. The minimum absolute atomic E-state index is 0.206. The molecule has 1 rings (SSSR count). The van der Waals surface area contributed by atoms with Crippen LogP contribution in [0.1, 0.15) is 0 Å². The van der Waals surface area contributed by atoms with Crippen molar-refractivity contribution in [3.8, 4) is 5.75 Å². The van der Waals surface area contributed by atoms with Gasteiger partial charge in [0.1, 0.15) is 4.60 Å². The van der Waals surface area contributed by atoms with E-state index in [4.69, 9.17) is 4.74 Å². The molecule has 1 aromatic rings. The summed E-state index contributed by atoms with van der Waals surface area (Å²) in [7, 11) is 1.40. The minimum Gasteiger partial charge on any atom is -0.494 e. The Morgan fingerprint density at radius 3 is 2.56 bits per heavy atom. The van der Waals surface area contributed by atoms with Crippen molar-refractivity contribution in [2.24, 2.45) is 21.2 Å². The van der Waals surface area contributed by atoms with Gasteiger partial charge in [-0.2, -0.15) is 13.2 Å². The van der Waals surface area contributed by atoms with Crippen LogP contribution in [0, 0.1) is 0 Å². The molecule has 0 aliphatic rings. The molecule has 1 aromatic heterocycles. The summed E-state index contributed by atoms with van der Waals surface area (Å²) in [5.41, 5.74) is 0. The molecule has 6 nitrogen and oxygen atoms in total. The minimum atomic E-state index is -4.77. The van der Waals surface area contributed by atoms with Crippen LogP contribution in [0.3, 0.4) is 0 Å². The molecule has 0 aromatic carbocycles. The summed E-state index contributed by atoms with van der Waals surface area (Å²) in [5, 5.41) is 5.27. The zero-order valence-corrected chi connectivity index (χ0v) is 10.5. The van der Waals surface area contributed by atoms with E-state index in [2.05, 4.69) is 42.1 Å². The molecule has 0 saturated heterocycles. The summed E-state index contributed by atoms with van der Waals surface area (Å²) in [6.45, 7) is 0. The number of nitrogens with two attached hydrogens (primary N) is 1. The van der Waals surface area contributed by atoms with Crippen LogP contribution in [0.4, 0.5) is 19.0 Å². The van der Waals surface area contributed by atoms with E-state index in [0.29, 0.717) is 5.75 Å². The summed E-state index contributed by atoms with van der Waals surface area (Å²) in [5.74, 6) is 3.25. The number of methoxy groups -OCH3 is 1. The van der Waals surface area contributed by atoms with Crippen molar-refractivity contribution in [1.82, 2.24) is 4.98 Å². The summed E-state index contributed by atoms with van der Waals surface area (Å²) in [4.78, 5) is 6.95. The molecule has 0 radical (unpaired) electrons. The van der Waals surface area contributed by atoms with Gasteiger partial charge in [-0.05, 0) is 28.1 Å². The van der Waals surface area contributed by atoms with Crippen LogP contribution in [-0.4, -0.2) is 24.1 Å². The third-order valence-corrected chi connectivity index (χ3v) is 2.21. The first-order chi connectivity index (χ1) is 8.38. The fourth-order valence-electron chi connectivity index (χ4n) is 0.932. The third-order valence-electron chi connectivity index (χ3n) is 1.65. The first-order valence-electron chi connectivity index (χ1n) is 4.36. The van der Waals surface area contributed by atoms with Crippen LogP contribution in [0.15, 0.2) is 32.1 Å². The van der Waals surface area contributed by atoms with Gasteiger partial charge in [0.25, 0.3) is 5.84 Å². The number of pyridine rings is 1. The van der Waals surface area contributed by atoms with Crippen molar-refractivity contribution in [1.29, 1.82) is 0 Å². The fraction of sp³-hybridized carbons (Fsp3) is 0.250. The lowest BCUT2D eigenvalue weighted by Crippen LogP contribution is -2.20. The Labute approximate surface area is 108 Å². The Balaban J connectivity index is 3.17. The van der Waals surface area contributed by atoms with Crippen LogP contribution < -0.4 is 10.6 Å². The smallest absolute Gasteiger partial charge is 0.453 e. The number of alkyl halides is 3. The normalized spacial score (nSPS) is 13.1. The average Bonchev–Trinajstić information content (AvgIpc) is 2.27. The molecule has 0 aliphatic carbocycles. The maximum Gasteiger partial charge on any atom is 0.453 e. The van der Waals surface area contributed by atoms with Crippen molar-refractivity contribution >= 4 is 27.6 Å². The van der Waals surface area contributed by atoms with Gasteiger partial charge < -0.3 is 10.6 Å². The van der Waals surface area contributed by atoms with Crippen molar-refractivity contribution in [3.05, 3.63) is 16.7 Å². The lowest BCUT2D eigenvalue weighted by Gasteiger charge is -2.05. The predicted molar refractivity (Wildman–Crippen MR) is 60.7 cm³/mol. The van der Waals surface area contributed by atoms with E-state index in [1.807, 2.05) is 0 Å². The zero-order valence-electron chi connectivity index (χ0n) is 8.94. The first kappa shape index (κ1) is 14.4. The Morgan fingerprint density at radius 2 is 2.11 bits per heavy atom. The van der Waals surface area contributed by atoms with E-state index < -0.39 is 12.0 Å². The van der Waals surface area contributed by atoms with Crippen molar-refractivity contribution in [2.45, 2.75) is 6.18 Å². The molecule has 0 spiro atoms. The van der Waals surface area contributed by atoms with E-state index in [1.165, 1.54) is 19.2 Å². The maximum absolute atomic E-state index is 12.4. The molecule has 0 saturated carbocycles. The lowest BCUT2D eigenvalue weighted by atomic mass is 10.4. The van der Waals surface area contributed by atoms with Crippen LogP contribution >= 0.6 is 15.9 Å². The highest BCUT2D eigenvalue weighted by atomic mass is 79.9. The number of rotatable bonds is 2. The van der Waals surface area contributed by atoms with Gasteiger partial charge >= 0.3 is 6.18 Å². The molecular formula is C8H7BrF3N5O. The number of hydrogen-bond donors (Lipinski definition) is 1. The second-order valence-corrected chi connectivity index (χ2v) is 3.56. The lowest BCUT2D eigenvalue weighted by molar-refractivity contribution is -0.0600. The SMILES string of the molecule is COc1ccc(N=C(N=NN)C(F)(F)F)nc1Br. The summed E-state index contributed by atoms with van der Waals surface area (Å²) in [6, 6.07) is 2.64. The maximum atomic E-state index is 12.4. The molecule has 10 heteroatoms. The largest absolute Gasteiger partial charge is 0.494 e. The molecule has 98 valence electrons. The molecule has 1 heterocycles. The molecule has 0 aliphatic heterocycles. The van der Waals surface area contributed by atoms with E-state index in [9.17, 15) is 13.2 Å². The Bertz CT molecular complexity index is 488. The fourth-order valence-corrected chi connectivity index (χ4v) is 1.41. The van der Waals surface area contributed by atoms with E-state index in [1.54, 1.807) is 0 Å². The van der Waals surface area contributed by atoms with E-state index >= 15 is 0 Å². The van der Waals surface area contributed by atoms with Crippen molar-refractivity contribution < 1.29 is 17.9 Å². The molecule has 18 heavy (non-hydrogen) atoms. The van der Waals surface area contributed by atoms with Crippen molar-refractivity contribution in [2.75, 3.05) is 7.11 Å². The number of aromatic nitrogens is 1. The monoisotopic (exact) mass is 325 g/mol. The summed E-state index contributed by atoms with van der Waals surface area (Å²) >= 11 is 3.02. The van der Waals surface area contributed by atoms with Gasteiger partial charge in [-0.1, -0.05) is 5.22 Å². The Hall–Kier alpha value is -1.71. The molecule has 0 bridgehead atoms. The standard InChI is InChI=1S/C8H7BrF3N5O/c1-18-4-2-3-5(14-6(4)9)15-7(16-17-13)8(10,11)12/h2-3H,1H3,(H2,13,14,15,16). The molecule has 0 amide bonds. The van der Waals surface area contributed by atoms with Crippen LogP contribution in [0.25, 0.3) is 0 Å². The van der Waals surface area contributed by atoms with Gasteiger partial charge in [0.15, 0.2) is 11.6 Å². The summed E-state index contributed by atoms with van der Waals surface area (Å²) in [6.07, 6.45) is -4.77. The predicted octanol–water partition coefficient (Wildman–Crippen LogP) is 2.77. The highest BCUT2D eigenvalue weighted by molar-refractivity contribution is 9.10. The Morgan fingerprint density at radius 1 is 1.44 bits per heavy atom. The molecule has 2 N–H and O–H groups in total. The van der Waals surface area contributed by atoms with Crippen LogP contribution in [0.5, 0.6) is 5.75 Å². The van der Waals surface area contributed by atoms with Gasteiger partial charge in [0.05, 0.1) is 7.11 Å². The van der Waals surface area contributed by atoms with Gasteiger partial charge in [-0.25, -0.2) is 9.98 Å². The van der Waals surface area contributed by atoms with Crippen molar-refractivity contribution in [3.63, 3.8) is 0 Å². The summed E-state index contributed by atoms with van der Waals surface area (Å²) < 4.78 is 42.4. The second kappa shape index (κ2) is 5.76. The quantitative estimate of drug-likeness (QED) is 0.226. The number of halogens is 4. The van der Waals surface area contributed by atoms with Crippen LogP contribution in [0.2, 0.25) is 0 Å². The third kappa shape index (κ3) is 3.65. The average molecular weight is 326 g/mol. The zero-order chi connectivity index (χ0) is 13.8. The van der Waals surface area contributed by atoms with Crippen LogP contribution in [-0.2, 0) is 0 Å². The van der Waals surface area contributed by atoms with Gasteiger partial charge in [0, 0.05) is 0 Å². The highest BCUT2D eigenvalue weighted by Gasteiger charge is 2.37. The van der Waals surface area contributed by atoms with Gasteiger partial charge in [-0.3, -0.25) is 0 Å². The molecule has 0 fully saturated rings. The number of amidine groups is 1. The number of ether oxygens (including phenoxy) is 1. The topological polar surface area (TPSA) is 85.2 Å². The van der Waals surface area contributed by atoms with Gasteiger partial charge in [-0.15, -0.1) is 5.11 Å². The highest BCUT2D eigenvalue weighted by Crippen LogP contribution is 2.27. The van der Waals surface area contributed by atoms with Gasteiger partial charge in [0.2, 0.25) is 0 Å². The molecule has 0 atom stereocenters. The molecular weight excluding hydrogens is 319 g/mol. The van der Waals surface area contributed by atoms with E-state index in [-0.39, 0.29) is 10.4 Å². The first-order valence-corrected chi connectivity index (χ1v) is 5.15. The number of aliphatic imine (C=N–C) groups is 1. The number of nitrogens with zero attached hydrogens (tertiary/aromatic N) is 4. The second-order valence-electron chi connectivity index (χ2n) is 2.81. The molecule has 0 unspecified atom stereocenters.